The molecule has 0 aromatic carbocycles. The third-order valence-corrected chi connectivity index (χ3v) is 3.48. The third kappa shape index (κ3) is 7.05. The average Bonchev–Trinajstić information content (AvgIpc) is 2.24. The molecule has 0 saturated heterocycles. The molecule has 2 unspecified atom stereocenters. The molecule has 0 amide bonds. The lowest BCUT2D eigenvalue weighted by molar-refractivity contribution is 0.108. The van der Waals surface area contributed by atoms with Gasteiger partial charge in [-0.25, -0.2) is 0 Å². The minimum Gasteiger partial charge on any atom is -0.316 e. The standard InChI is InChI=1S/C15H34N2/c1-8-9-16-10-14(6)15(7)17(13(4)5)11-12(2)3/h12-16H,8-11H2,1-7H3. The number of hydrogen-bond acceptors (Lipinski definition) is 2. The van der Waals surface area contributed by atoms with Crippen LogP contribution in [0.5, 0.6) is 0 Å². The lowest BCUT2D eigenvalue weighted by Crippen LogP contribution is -2.46. The molecule has 0 aliphatic heterocycles. The maximum Gasteiger partial charge on any atom is 0.0107 e. The van der Waals surface area contributed by atoms with Crippen molar-refractivity contribution in [1.82, 2.24) is 10.2 Å². The van der Waals surface area contributed by atoms with Gasteiger partial charge in [-0.15, -0.1) is 0 Å². The fraction of sp³-hybridized carbons (Fsp3) is 1.00. The molecule has 0 aromatic heterocycles. The minimum atomic E-state index is 0.640. The van der Waals surface area contributed by atoms with Gasteiger partial charge < -0.3 is 5.32 Å². The molecule has 0 heterocycles. The van der Waals surface area contributed by atoms with Crippen LogP contribution in [-0.2, 0) is 0 Å². The van der Waals surface area contributed by atoms with Gasteiger partial charge in [0.2, 0.25) is 0 Å². The van der Waals surface area contributed by atoms with E-state index < -0.39 is 0 Å². The number of hydrogen-bond donors (Lipinski definition) is 1. The third-order valence-electron chi connectivity index (χ3n) is 3.48. The van der Waals surface area contributed by atoms with Crippen LogP contribution in [0, 0.1) is 11.8 Å². The Bertz CT molecular complexity index is 178. The molecular formula is C15H34N2. The zero-order valence-corrected chi connectivity index (χ0v) is 13.1. The number of nitrogens with zero attached hydrogens (tertiary/aromatic N) is 1. The second kappa shape index (κ2) is 8.93. The Morgan fingerprint density at radius 3 is 2.00 bits per heavy atom. The SMILES string of the molecule is CCCNCC(C)C(C)N(CC(C)C)C(C)C. The maximum absolute atomic E-state index is 3.54. The molecule has 0 aromatic rings. The smallest absolute Gasteiger partial charge is 0.0107 e. The van der Waals surface area contributed by atoms with Crippen LogP contribution in [0.25, 0.3) is 0 Å². The van der Waals surface area contributed by atoms with Crippen molar-refractivity contribution < 1.29 is 0 Å². The highest BCUT2D eigenvalue weighted by Crippen LogP contribution is 2.15. The molecular weight excluding hydrogens is 208 g/mol. The molecule has 0 bridgehead atoms. The molecule has 2 heteroatoms. The van der Waals surface area contributed by atoms with Crippen molar-refractivity contribution in [3.8, 4) is 0 Å². The topological polar surface area (TPSA) is 15.3 Å². The largest absolute Gasteiger partial charge is 0.316 e. The molecule has 104 valence electrons. The van der Waals surface area contributed by atoms with Gasteiger partial charge in [0, 0.05) is 18.6 Å². The highest BCUT2D eigenvalue weighted by Gasteiger charge is 2.22. The minimum absolute atomic E-state index is 0.640. The molecule has 0 radical (unpaired) electrons. The molecule has 0 rings (SSSR count). The maximum atomic E-state index is 3.54. The van der Waals surface area contributed by atoms with E-state index in [2.05, 4.69) is 58.7 Å². The lowest BCUT2D eigenvalue weighted by atomic mass is 9.99. The normalized spacial score (nSPS) is 15.9. The van der Waals surface area contributed by atoms with Crippen LogP contribution in [0.4, 0.5) is 0 Å². The van der Waals surface area contributed by atoms with Crippen molar-refractivity contribution in [2.24, 2.45) is 11.8 Å². The van der Waals surface area contributed by atoms with E-state index in [1.165, 1.54) is 13.0 Å². The second-order valence-electron chi connectivity index (χ2n) is 6.11. The van der Waals surface area contributed by atoms with Crippen molar-refractivity contribution in [3.05, 3.63) is 0 Å². The lowest BCUT2D eigenvalue weighted by Gasteiger charge is -2.37. The predicted molar refractivity (Wildman–Crippen MR) is 78.5 cm³/mol. The Labute approximate surface area is 109 Å². The Morgan fingerprint density at radius 1 is 1.00 bits per heavy atom. The van der Waals surface area contributed by atoms with E-state index in [-0.39, 0.29) is 0 Å². The highest BCUT2D eigenvalue weighted by atomic mass is 15.2. The molecule has 0 aliphatic carbocycles. The van der Waals surface area contributed by atoms with E-state index in [1.54, 1.807) is 0 Å². The summed E-state index contributed by atoms with van der Waals surface area (Å²) >= 11 is 0. The summed E-state index contributed by atoms with van der Waals surface area (Å²) in [6.45, 7) is 19.7. The predicted octanol–water partition coefficient (Wildman–Crippen LogP) is 3.38. The van der Waals surface area contributed by atoms with Gasteiger partial charge in [0.1, 0.15) is 0 Å². The second-order valence-corrected chi connectivity index (χ2v) is 6.11. The van der Waals surface area contributed by atoms with Gasteiger partial charge in [0.25, 0.3) is 0 Å². The van der Waals surface area contributed by atoms with Gasteiger partial charge in [0.15, 0.2) is 0 Å². The fourth-order valence-electron chi connectivity index (χ4n) is 2.27. The van der Waals surface area contributed by atoms with Crippen LogP contribution in [0.3, 0.4) is 0 Å². The first-order valence-electron chi connectivity index (χ1n) is 7.36. The van der Waals surface area contributed by atoms with E-state index in [1.807, 2.05) is 0 Å². The van der Waals surface area contributed by atoms with Crippen molar-refractivity contribution in [1.29, 1.82) is 0 Å². The van der Waals surface area contributed by atoms with Gasteiger partial charge in [-0.3, -0.25) is 4.90 Å². The Morgan fingerprint density at radius 2 is 1.59 bits per heavy atom. The number of nitrogens with one attached hydrogen (secondary N) is 1. The van der Waals surface area contributed by atoms with Gasteiger partial charge in [0.05, 0.1) is 0 Å². The van der Waals surface area contributed by atoms with Gasteiger partial charge >= 0.3 is 0 Å². The zero-order chi connectivity index (χ0) is 13.4. The van der Waals surface area contributed by atoms with Crippen LogP contribution >= 0.6 is 0 Å². The summed E-state index contributed by atoms with van der Waals surface area (Å²) in [5.74, 6) is 1.46. The Kier molecular flexibility index (Phi) is 8.89. The summed E-state index contributed by atoms with van der Waals surface area (Å²) in [5.41, 5.74) is 0. The zero-order valence-electron chi connectivity index (χ0n) is 13.1. The summed E-state index contributed by atoms with van der Waals surface area (Å²) < 4.78 is 0. The first kappa shape index (κ1) is 16.9. The summed E-state index contributed by atoms with van der Waals surface area (Å²) in [7, 11) is 0. The first-order valence-corrected chi connectivity index (χ1v) is 7.36. The van der Waals surface area contributed by atoms with E-state index in [4.69, 9.17) is 0 Å². The molecule has 0 spiro atoms. The van der Waals surface area contributed by atoms with Crippen LogP contribution in [0.2, 0.25) is 0 Å². The fourth-order valence-corrected chi connectivity index (χ4v) is 2.27. The molecule has 2 nitrogen and oxygen atoms in total. The molecule has 0 saturated carbocycles. The number of rotatable bonds is 9. The first-order chi connectivity index (χ1) is 7.90. The Hall–Kier alpha value is -0.0800. The summed E-state index contributed by atoms with van der Waals surface area (Å²) in [5, 5.41) is 3.54. The summed E-state index contributed by atoms with van der Waals surface area (Å²) in [6, 6.07) is 1.29. The van der Waals surface area contributed by atoms with Crippen LogP contribution < -0.4 is 5.32 Å². The monoisotopic (exact) mass is 242 g/mol. The average molecular weight is 242 g/mol. The molecule has 1 N–H and O–H groups in total. The van der Waals surface area contributed by atoms with Crippen molar-refractivity contribution >= 4 is 0 Å². The van der Waals surface area contributed by atoms with Gasteiger partial charge in [-0.1, -0.05) is 27.7 Å². The quantitative estimate of drug-likeness (QED) is 0.624. The van der Waals surface area contributed by atoms with Crippen molar-refractivity contribution in [2.75, 3.05) is 19.6 Å². The Balaban J connectivity index is 4.23. The molecule has 2 atom stereocenters. The molecule has 17 heavy (non-hydrogen) atoms. The van der Waals surface area contributed by atoms with Crippen molar-refractivity contribution in [3.63, 3.8) is 0 Å². The molecule has 0 fully saturated rings. The van der Waals surface area contributed by atoms with Gasteiger partial charge in [-0.05, 0) is 52.1 Å². The van der Waals surface area contributed by atoms with E-state index >= 15 is 0 Å². The molecule has 0 aliphatic rings. The van der Waals surface area contributed by atoms with Crippen LogP contribution in [0.1, 0.15) is 54.9 Å². The summed E-state index contributed by atoms with van der Waals surface area (Å²) in [6.07, 6.45) is 1.22. The van der Waals surface area contributed by atoms with E-state index in [0.717, 1.165) is 19.0 Å². The van der Waals surface area contributed by atoms with Gasteiger partial charge in [-0.2, -0.15) is 0 Å². The van der Waals surface area contributed by atoms with E-state index in [0.29, 0.717) is 18.0 Å². The summed E-state index contributed by atoms with van der Waals surface area (Å²) in [4.78, 5) is 2.64. The van der Waals surface area contributed by atoms with Crippen molar-refractivity contribution in [2.45, 2.75) is 67.0 Å². The highest BCUT2D eigenvalue weighted by molar-refractivity contribution is 4.77. The van der Waals surface area contributed by atoms with E-state index in [9.17, 15) is 0 Å². The van der Waals surface area contributed by atoms with Crippen LogP contribution in [-0.4, -0.2) is 36.6 Å². The van der Waals surface area contributed by atoms with Crippen LogP contribution in [0.15, 0.2) is 0 Å².